The van der Waals surface area contributed by atoms with Gasteiger partial charge < -0.3 is 5.32 Å². The topological polar surface area (TPSA) is 72.2 Å². The predicted octanol–water partition coefficient (Wildman–Crippen LogP) is 4.58. The van der Waals surface area contributed by atoms with Crippen LogP contribution in [0.4, 0.5) is 18.9 Å². The molecule has 0 unspecified atom stereocenters. The SMILES string of the molecule is Cc1nc2nc(C(F)(F)F)nn2c(C)c1CCC(=O)Nc1ccc2c3c(cccc13)CC2. The molecule has 2 heterocycles. The molecule has 2 aromatic heterocycles. The summed E-state index contributed by atoms with van der Waals surface area (Å²) in [4.78, 5) is 20.4. The molecule has 0 fully saturated rings. The van der Waals surface area contributed by atoms with Gasteiger partial charge in [0.1, 0.15) is 0 Å². The molecule has 0 saturated heterocycles. The van der Waals surface area contributed by atoms with Crippen LogP contribution in [0.15, 0.2) is 30.3 Å². The molecule has 1 aliphatic carbocycles. The van der Waals surface area contributed by atoms with Crippen LogP contribution in [0.25, 0.3) is 16.6 Å². The number of amides is 1. The Morgan fingerprint density at radius 1 is 1.09 bits per heavy atom. The lowest BCUT2D eigenvalue weighted by molar-refractivity contribution is -0.144. The largest absolute Gasteiger partial charge is 0.453 e. The van der Waals surface area contributed by atoms with Gasteiger partial charge in [-0.3, -0.25) is 4.79 Å². The molecule has 2 aromatic carbocycles. The number of nitrogens with one attached hydrogen (secondary N) is 1. The summed E-state index contributed by atoms with van der Waals surface area (Å²) >= 11 is 0. The maximum Gasteiger partial charge on any atom is 0.453 e. The first kappa shape index (κ1) is 20.4. The minimum Gasteiger partial charge on any atom is -0.326 e. The summed E-state index contributed by atoms with van der Waals surface area (Å²) in [6, 6.07) is 10.1. The van der Waals surface area contributed by atoms with Gasteiger partial charge in [0.2, 0.25) is 5.91 Å². The first-order valence-corrected chi connectivity index (χ1v) is 10.4. The molecule has 32 heavy (non-hydrogen) atoms. The number of hydrogen-bond acceptors (Lipinski definition) is 4. The molecule has 164 valence electrons. The van der Waals surface area contributed by atoms with Gasteiger partial charge in [-0.2, -0.15) is 18.2 Å². The fourth-order valence-electron chi connectivity index (χ4n) is 4.50. The fraction of sp³-hybridized carbons (Fsp3) is 0.304. The third-order valence-corrected chi connectivity index (χ3v) is 6.06. The highest BCUT2D eigenvalue weighted by Gasteiger charge is 2.37. The third-order valence-electron chi connectivity index (χ3n) is 6.06. The molecule has 4 aromatic rings. The highest BCUT2D eigenvalue weighted by molar-refractivity contribution is 6.05. The van der Waals surface area contributed by atoms with E-state index in [0.29, 0.717) is 23.4 Å². The minimum atomic E-state index is -4.65. The standard InChI is InChI=1S/C23H20F3N5O/c1-12-16(13(2)31-22(27-12)29-21(30-31)23(24,25)26)9-11-19(32)28-18-10-8-15-7-6-14-4-3-5-17(18)20(14)15/h3-5,8,10H,6-7,9,11H2,1-2H3,(H,28,32). The Morgan fingerprint density at radius 2 is 1.84 bits per heavy atom. The zero-order chi connectivity index (χ0) is 22.6. The highest BCUT2D eigenvalue weighted by atomic mass is 19.4. The molecule has 5 rings (SSSR count). The first-order chi connectivity index (χ1) is 15.2. The lowest BCUT2D eigenvalue weighted by Crippen LogP contribution is -2.14. The molecule has 6 nitrogen and oxygen atoms in total. The molecule has 9 heteroatoms. The van der Waals surface area contributed by atoms with Crippen molar-refractivity contribution >= 4 is 28.1 Å². The quantitative estimate of drug-likeness (QED) is 0.505. The molecule has 1 amide bonds. The number of anilines is 1. The third kappa shape index (κ3) is 3.37. The second kappa shape index (κ2) is 7.29. The molecule has 1 aliphatic rings. The summed E-state index contributed by atoms with van der Waals surface area (Å²) < 4.78 is 40.0. The van der Waals surface area contributed by atoms with Crippen LogP contribution < -0.4 is 5.32 Å². The number of aromatic nitrogens is 4. The molecule has 0 aliphatic heterocycles. The van der Waals surface area contributed by atoms with E-state index in [1.807, 2.05) is 18.2 Å². The van der Waals surface area contributed by atoms with Gasteiger partial charge in [0, 0.05) is 28.9 Å². The summed E-state index contributed by atoms with van der Waals surface area (Å²) in [7, 11) is 0. The first-order valence-electron chi connectivity index (χ1n) is 10.4. The molecule has 0 radical (unpaired) electrons. The van der Waals surface area contributed by atoms with Gasteiger partial charge in [0.05, 0.1) is 0 Å². The van der Waals surface area contributed by atoms with Crippen molar-refractivity contribution in [2.75, 3.05) is 5.32 Å². The number of carbonyl (C=O) groups is 1. The van der Waals surface area contributed by atoms with Gasteiger partial charge in [0.25, 0.3) is 11.6 Å². The summed E-state index contributed by atoms with van der Waals surface area (Å²) in [6.45, 7) is 3.36. The Kier molecular flexibility index (Phi) is 4.65. The van der Waals surface area contributed by atoms with Crippen LogP contribution in [-0.2, 0) is 30.2 Å². The van der Waals surface area contributed by atoms with Crippen molar-refractivity contribution in [3.63, 3.8) is 0 Å². The lowest BCUT2D eigenvalue weighted by Gasteiger charge is -2.12. The van der Waals surface area contributed by atoms with E-state index >= 15 is 0 Å². The zero-order valence-corrected chi connectivity index (χ0v) is 17.5. The Balaban J connectivity index is 1.37. The molecule has 0 spiro atoms. The Hall–Kier alpha value is -3.49. The zero-order valence-electron chi connectivity index (χ0n) is 17.5. The van der Waals surface area contributed by atoms with Crippen molar-refractivity contribution in [1.82, 2.24) is 19.6 Å². The van der Waals surface area contributed by atoms with Gasteiger partial charge in [-0.05, 0) is 61.3 Å². The number of nitrogens with zero attached hydrogens (tertiary/aromatic N) is 4. The van der Waals surface area contributed by atoms with E-state index in [2.05, 4.69) is 32.5 Å². The average Bonchev–Trinajstić information content (AvgIpc) is 3.35. The number of carbonyl (C=O) groups excluding carboxylic acids is 1. The minimum absolute atomic E-state index is 0.103. The molecular weight excluding hydrogens is 419 g/mol. The number of benzene rings is 2. The average molecular weight is 439 g/mol. The second-order valence-corrected chi connectivity index (χ2v) is 8.07. The van der Waals surface area contributed by atoms with E-state index in [9.17, 15) is 18.0 Å². The predicted molar refractivity (Wildman–Crippen MR) is 114 cm³/mol. The Labute approximate surface area is 181 Å². The fourth-order valence-corrected chi connectivity index (χ4v) is 4.50. The maximum atomic E-state index is 13.0. The van der Waals surface area contributed by atoms with Crippen LogP contribution in [0, 0.1) is 13.8 Å². The lowest BCUT2D eigenvalue weighted by atomic mass is 10.0. The molecular formula is C23H20F3N5O. The molecule has 1 N–H and O–H groups in total. The highest BCUT2D eigenvalue weighted by Crippen LogP contribution is 2.35. The molecule has 0 saturated carbocycles. The van der Waals surface area contributed by atoms with Crippen LogP contribution in [0.2, 0.25) is 0 Å². The van der Waals surface area contributed by atoms with E-state index in [-0.39, 0.29) is 18.1 Å². The summed E-state index contributed by atoms with van der Waals surface area (Å²) in [5.41, 5.74) is 5.08. The summed E-state index contributed by atoms with van der Waals surface area (Å²) in [5, 5.41) is 8.80. The van der Waals surface area contributed by atoms with Crippen molar-refractivity contribution < 1.29 is 18.0 Å². The van der Waals surface area contributed by atoms with Crippen LogP contribution in [0.3, 0.4) is 0 Å². The van der Waals surface area contributed by atoms with E-state index in [4.69, 9.17) is 0 Å². The van der Waals surface area contributed by atoms with Gasteiger partial charge in [0.15, 0.2) is 0 Å². The number of aryl methyl sites for hydroxylation is 4. The van der Waals surface area contributed by atoms with Crippen molar-refractivity contribution in [2.24, 2.45) is 0 Å². The van der Waals surface area contributed by atoms with Crippen LogP contribution in [0.5, 0.6) is 0 Å². The number of fused-ring (bicyclic) bond motifs is 1. The number of hydrogen-bond donors (Lipinski definition) is 1. The van der Waals surface area contributed by atoms with E-state index in [1.54, 1.807) is 13.8 Å². The van der Waals surface area contributed by atoms with Gasteiger partial charge in [-0.25, -0.2) is 9.50 Å². The number of halogens is 3. The number of rotatable bonds is 4. The van der Waals surface area contributed by atoms with Crippen molar-refractivity contribution in [3.05, 3.63) is 64.2 Å². The van der Waals surface area contributed by atoms with Crippen LogP contribution in [-0.4, -0.2) is 25.5 Å². The van der Waals surface area contributed by atoms with Gasteiger partial charge in [-0.15, -0.1) is 5.10 Å². The van der Waals surface area contributed by atoms with Crippen molar-refractivity contribution in [2.45, 2.75) is 45.7 Å². The Bertz CT molecular complexity index is 1380. The Morgan fingerprint density at radius 3 is 2.59 bits per heavy atom. The van der Waals surface area contributed by atoms with E-state index in [1.165, 1.54) is 16.5 Å². The number of alkyl halides is 3. The van der Waals surface area contributed by atoms with E-state index in [0.717, 1.165) is 28.4 Å². The maximum absolute atomic E-state index is 13.0. The van der Waals surface area contributed by atoms with Crippen molar-refractivity contribution in [1.29, 1.82) is 0 Å². The smallest absolute Gasteiger partial charge is 0.326 e. The van der Waals surface area contributed by atoms with Crippen LogP contribution >= 0.6 is 0 Å². The van der Waals surface area contributed by atoms with Crippen LogP contribution in [0.1, 0.15) is 40.3 Å². The molecule has 0 bridgehead atoms. The van der Waals surface area contributed by atoms with Gasteiger partial charge in [-0.1, -0.05) is 24.3 Å². The monoisotopic (exact) mass is 439 g/mol. The normalized spacial score (nSPS) is 13.3. The van der Waals surface area contributed by atoms with Gasteiger partial charge >= 0.3 is 6.18 Å². The summed E-state index contributed by atoms with van der Waals surface area (Å²) in [5.74, 6) is -1.50. The van der Waals surface area contributed by atoms with Crippen molar-refractivity contribution in [3.8, 4) is 0 Å². The molecule has 0 atom stereocenters. The summed E-state index contributed by atoms with van der Waals surface area (Å²) in [6.07, 6.45) is -2.13. The second-order valence-electron chi connectivity index (χ2n) is 8.07. The van der Waals surface area contributed by atoms with E-state index < -0.39 is 12.0 Å².